The topological polar surface area (TPSA) is 41.6 Å². The molecule has 68 valence electrons. The minimum absolute atomic E-state index is 0.960. The molecule has 0 fully saturated rings. The van der Waals surface area contributed by atoms with Crippen molar-refractivity contribution in [2.24, 2.45) is 0 Å². The maximum Gasteiger partial charge on any atom is 0.148 e. The van der Waals surface area contributed by atoms with Crippen LogP contribution in [0.25, 0.3) is 21.6 Å². The fraction of sp³-hybridized carbons (Fsp3) is 0. The molecule has 0 aromatic carbocycles. The van der Waals surface area contributed by atoms with Crippen LogP contribution in [0.1, 0.15) is 0 Å². The zero-order valence-corrected chi connectivity index (χ0v) is 8.08. The van der Waals surface area contributed by atoms with E-state index in [1.54, 1.807) is 23.7 Å². The molecule has 0 atom stereocenters. The van der Waals surface area contributed by atoms with Crippen LogP contribution in [-0.2, 0) is 0 Å². The molecule has 0 radical (unpaired) electrons. The number of pyridine rings is 1. The molecule has 0 unspecified atom stereocenters. The van der Waals surface area contributed by atoms with E-state index in [-0.39, 0.29) is 0 Å². The van der Waals surface area contributed by atoms with Gasteiger partial charge in [0.15, 0.2) is 0 Å². The van der Waals surface area contributed by atoms with Crippen LogP contribution in [0.15, 0.2) is 36.1 Å². The van der Waals surface area contributed by atoms with Crippen molar-refractivity contribution in [3.05, 3.63) is 36.1 Å². The molecule has 3 aromatic heterocycles. The number of nitrogens with zero attached hydrogens (tertiary/aromatic N) is 2. The lowest BCUT2D eigenvalue weighted by atomic mass is 10.2. The Morgan fingerprint density at radius 3 is 2.86 bits per heavy atom. The molecule has 14 heavy (non-hydrogen) atoms. The van der Waals surface area contributed by atoms with Gasteiger partial charge in [-0.05, 0) is 18.2 Å². The van der Waals surface area contributed by atoms with Gasteiger partial charge in [-0.25, -0.2) is 4.98 Å². The standard InChI is InChI=1S/C10H7N3S/c1-3-11-4-2-7(1)8-5-9-10(13-8)12-6-14-9/h1-6,13H. The van der Waals surface area contributed by atoms with Crippen molar-refractivity contribution in [2.75, 3.05) is 0 Å². The Hall–Kier alpha value is -1.68. The van der Waals surface area contributed by atoms with Crippen molar-refractivity contribution >= 4 is 21.7 Å². The fourth-order valence-corrected chi connectivity index (χ4v) is 2.11. The number of thiazole rings is 1. The highest BCUT2D eigenvalue weighted by Crippen LogP contribution is 2.25. The van der Waals surface area contributed by atoms with Crippen LogP contribution in [-0.4, -0.2) is 15.0 Å². The van der Waals surface area contributed by atoms with Crippen molar-refractivity contribution in [3.8, 4) is 11.3 Å². The van der Waals surface area contributed by atoms with E-state index in [0.717, 1.165) is 16.9 Å². The van der Waals surface area contributed by atoms with Gasteiger partial charge >= 0.3 is 0 Å². The van der Waals surface area contributed by atoms with E-state index in [2.05, 4.69) is 21.0 Å². The summed E-state index contributed by atoms with van der Waals surface area (Å²) in [6, 6.07) is 6.08. The molecule has 0 amide bonds. The molecular formula is C10H7N3S. The number of fused-ring (bicyclic) bond motifs is 1. The summed E-state index contributed by atoms with van der Waals surface area (Å²) in [5.74, 6) is 0. The second-order valence-corrected chi connectivity index (χ2v) is 3.87. The summed E-state index contributed by atoms with van der Waals surface area (Å²) in [6.45, 7) is 0. The first-order valence-electron chi connectivity index (χ1n) is 4.26. The van der Waals surface area contributed by atoms with E-state index < -0.39 is 0 Å². The molecule has 0 bridgehead atoms. The van der Waals surface area contributed by atoms with Gasteiger partial charge in [-0.2, -0.15) is 0 Å². The molecule has 0 saturated heterocycles. The van der Waals surface area contributed by atoms with Gasteiger partial charge in [0.05, 0.1) is 10.2 Å². The van der Waals surface area contributed by atoms with Crippen LogP contribution < -0.4 is 0 Å². The number of rotatable bonds is 1. The number of H-pyrrole nitrogens is 1. The summed E-state index contributed by atoms with van der Waals surface area (Å²) in [5.41, 5.74) is 5.05. The van der Waals surface area contributed by atoms with Gasteiger partial charge < -0.3 is 4.98 Å². The number of nitrogens with one attached hydrogen (secondary N) is 1. The summed E-state index contributed by atoms with van der Waals surface area (Å²) in [4.78, 5) is 11.5. The maximum atomic E-state index is 4.21. The first-order chi connectivity index (χ1) is 6.93. The second kappa shape index (κ2) is 2.92. The minimum atomic E-state index is 0.960. The minimum Gasteiger partial charge on any atom is -0.338 e. The van der Waals surface area contributed by atoms with E-state index >= 15 is 0 Å². The Morgan fingerprint density at radius 1 is 1.21 bits per heavy atom. The summed E-state index contributed by atoms with van der Waals surface area (Å²) in [5, 5.41) is 0. The van der Waals surface area contributed by atoms with Gasteiger partial charge in [0.1, 0.15) is 5.65 Å². The summed E-state index contributed by atoms with van der Waals surface area (Å²) in [6.07, 6.45) is 3.58. The van der Waals surface area contributed by atoms with Crippen LogP contribution >= 0.6 is 11.3 Å². The zero-order valence-electron chi connectivity index (χ0n) is 7.27. The lowest BCUT2D eigenvalue weighted by Crippen LogP contribution is -1.77. The Bertz CT molecular complexity index is 524. The second-order valence-electron chi connectivity index (χ2n) is 2.98. The molecule has 0 aliphatic carbocycles. The SMILES string of the molecule is c1cc(-c2cc3scnc3[nH]2)ccn1. The molecule has 4 heteroatoms. The molecule has 1 N–H and O–H groups in total. The first-order valence-corrected chi connectivity index (χ1v) is 5.14. The number of aromatic nitrogens is 3. The van der Waals surface area contributed by atoms with Crippen LogP contribution in [0.3, 0.4) is 0 Å². The molecule has 3 heterocycles. The largest absolute Gasteiger partial charge is 0.338 e. The van der Waals surface area contributed by atoms with Crippen molar-refractivity contribution < 1.29 is 0 Å². The van der Waals surface area contributed by atoms with Crippen molar-refractivity contribution in [3.63, 3.8) is 0 Å². The summed E-state index contributed by atoms with van der Waals surface area (Å²) >= 11 is 1.64. The van der Waals surface area contributed by atoms with Gasteiger partial charge in [0.2, 0.25) is 0 Å². The predicted molar refractivity (Wildman–Crippen MR) is 57.2 cm³/mol. The highest BCUT2D eigenvalue weighted by molar-refractivity contribution is 7.16. The van der Waals surface area contributed by atoms with E-state index in [1.807, 2.05) is 17.6 Å². The molecule has 3 rings (SSSR count). The Kier molecular flexibility index (Phi) is 1.61. The van der Waals surface area contributed by atoms with Crippen LogP contribution in [0.5, 0.6) is 0 Å². The molecule has 0 aliphatic heterocycles. The lowest BCUT2D eigenvalue weighted by molar-refractivity contribution is 1.31. The average molecular weight is 201 g/mol. The van der Waals surface area contributed by atoms with Crippen LogP contribution in [0.4, 0.5) is 0 Å². The quantitative estimate of drug-likeness (QED) is 0.657. The smallest absolute Gasteiger partial charge is 0.148 e. The van der Waals surface area contributed by atoms with Crippen molar-refractivity contribution in [2.45, 2.75) is 0 Å². The van der Waals surface area contributed by atoms with Gasteiger partial charge in [-0.3, -0.25) is 4.98 Å². The number of hydrogen-bond donors (Lipinski definition) is 1. The van der Waals surface area contributed by atoms with Gasteiger partial charge in [-0.1, -0.05) is 0 Å². The molecule has 0 saturated carbocycles. The van der Waals surface area contributed by atoms with Gasteiger partial charge in [-0.15, -0.1) is 11.3 Å². The molecule has 0 spiro atoms. The van der Waals surface area contributed by atoms with E-state index in [0.29, 0.717) is 0 Å². The molecule has 3 nitrogen and oxygen atoms in total. The van der Waals surface area contributed by atoms with Gasteiger partial charge in [0.25, 0.3) is 0 Å². The Morgan fingerprint density at radius 2 is 2.07 bits per heavy atom. The van der Waals surface area contributed by atoms with Crippen LogP contribution in [0.2, 0.25) is 0 Å². The van der Waals surface area contributed by atoms with Crippen LogP contribution in [0, 0.1) is 0 Å². The lowest BCUT2D eigenvalue weighted by Gasteiger charge is -1.94. The highest BCUT2D eigenvalue weighted by atomic mass is 32.1. The van der Waals surface area contributed by atoms with E-state index in [1.165, 1.54) is 4.70 Å². The number of aromatic amines is 1. The predicted octanol–water partition coefficient (Wildman–Crippen LogP) is 2.69. The number of hydrogen-bond acceptors (Lipinski definition) is 3. The maximum absolute atomic E-state index is 4.21. The third-order valence-corrected chi connectivity index (χ3v) is 2.89. The third-order valence-electron chi connectivity index (χ3n) is 2.11. The monoisotopic (exact) mass is 201 g/mol. The van der Waals surface area contributed by atoms with Crippen molar-refractivity contribution in [1.29, 1.82) is 0 Å². The zero-order chi connectivity index (χ0) is 9.38. The fourth-order valence-electron chi connectivity index (χ4n) is 1.43. The highest BCUT2D eigenvalue weighted by Gasteiger charge is 2.03. The van der Waals surface area contributed by atoms with Gasteiger partial charge in [0, 0.05) is 23.7 Å². The third kappa shape index (κ3) is 1.12. The molecule has 3 aromatic rings. The average Bonchev–Trinajstić information content (AvgIpc) is 2.78. The van der Waals surface area contributed by atoms with E-state index in [9.17, 15) is 0 Å². The molecular weight excluding hydrogens is 194 g/mol. The summed E-state index contributed by atoms with van der Waals surface area (Å²) in [7, 11) is 0. The molecule has 0 aliphatic rings. The Balaban J connectivity index is 2.19. The summed E-state index contributed by atoms with van der Waals surface area (Å²) < 4.78 is 1.19. The normalized spacial score (nSPS) is 10.9. The van der Waals surface area contributed by atoms with Crippen molar-refractivity contribution in [1.82, 2.24) is 15.0 Å². The van der Waals surface area contributed by atoms with E-state index in [4.69, 9.17) is 0 Å². The Labute approximate surface area is 84.5 Å². The first kappa shape index (κ1) is 7.70.